The Morgan fingerprint density at radius 3 is 2.50 bits per heavy atom. The van der Waals surface area contributed by atoms with Crippen LogP contribution in [0.1, 0.15) is 44.9 Å². The van der Waals surface area contributed by atoms with Gasteiger partial charge in [0.1, 0.15) is 0 Å². The van der Waals surface area contributed by atoms with E-state index in [4.69, 9.17) is 0 Å². The highest BCUT2D eigenvalue weighted by atomic mass is 32.2. The number of carbonyl (C=O) groups excluding carboxylic acids is 2. The van der Waals surface area contributed by atoms with Crippen molar-refractivity contribution in [1.29, 1.82) is 0 Å². The molecule has 1 saturated heterocycles. The summed E-state index contributed by atoms with van der Waals surface area (Å²) in [5.41, 5.74) is 0.917. The van der Waals surface area contributed by atoms with Gasteiger partial charge in [-0.2, -0.15) is 0 Å². The summed E-state index contributed by atoms with van der Waals surface area (Å²) < 4.78 is 0. The van der Waals surface area contributed by atoms with Crippen LogP contribution in [0.4, 0.5) is 5.69 Å². The van der Waals surface area contributed by atoms with E-state index in [1.54, 1.807) is 16.7 Å². The number of benzene rings is 1. The maximum absolute atomic E-state index is 13.5. The Morgan fingerprint density at radius 2 is 1.77 bits per heavy atom. The van der Waals surface area contributed by atoms with Gasteiger partial charge in [0.25, 0.3) is 5.91 Å². The molecule has 6 aliphatic rings. The SMILES string of the molecule is O=C1CCC2(C(=O)NC3C4CC5CC(C4)CC3C5)Sc3ccccc3N12. The molecule has 1 N–H and O–H groups in total. The zero-order chi connectivity index (χ0) is 17.5. The third-order valence-corrected chi connectivity index (χ3v) is 9.03. The van der Waals surface area contributed by atoms with Crippen LogP contribution in [-0.4, -0.2) is 22.7 Å². The first-order valence-electron chi connectivity index (χ1n) is 10.1. The topological polar surface area (TPSA) is 49.4 Å². The second-order valence-corrected chi connectivity index (χ2v) is 10.3. The van der Waals surface area contributed by atoms with Gasteiger partial charge in [-0.1, -0.05) is 23.9 Å². The molecule has 2 heterocycles. The summed E-state index contributed by atoms with van der Waals surface area (Å²) in [5.74, 6) is 3.28. The molecule has 0 aromatic heterocycles. The number of thioether (sulfide) groups is 1. The van der Waals surface area contributed by atoms with E-state index >= 15 is 0 Å². The van der Waals surface area contributed by atoms with Gasteiger partial charge in [0.2, 0.25) is 5.91 Å². The van der Waals surface area contributed by atoms with Crippen molar-refractivity contribution in [3.63, 3.8) is 0 Å². The van der Waals surface area contributed by atoms with Crippen LogP contribution in [0.2, 0.25) is 0 Å². The number of amides is 2. The molecule has 2 amide bonds. The van der Waals surface area contributed by atoms with E-state index in [-0.39, 0.29) is 11.8 Å². The number of carbonyl (C=O) groups is 2. The molecule has 0 spiro atoms. The molecule has 1 aromatic carbocycles. The zero-order valence-corrected chi connectivity index (χ0v) is 15.6. The van der Waals surface area contributed by atoms with Crippen molar-refractivity contribution in [2.75, 3.05) is 4.90 Å². The number of fused-ring (bicyclic) bond motifs is 3. The number of rotatable bonds is 2. The highest BCUT2D eigenvalue weighted by Gasteiger charge is 2.58. The number of nitrogens with one attached hydrogen (secondary N) is 1. The van der Waals surface area contributed by atoms with Crippen LogP contribution in [-0.2, 0) is 9.59 Å². The van der Waals surface area contributed by atoms with Crippen LogP contribution >= 0.6 is 11.8 Å². The van der Waals surface area contributed by atoms with Gasteiger partial charge in [0.15, 0.2) is 4.87 Å². The van der Waals surface area contributed by atoms with Gasteiger partial charge in [0, 0.05) is 17.4 Å². The molecule has 136 valence electrons. The van der Waals surface area contributed by atoms with E-state index in [1.165, 1.54) is 32.1 Å². The minimum atomic E-state index is -0.755. The molecule has 4 saturated carbocycles. The fourth-order valence-electron chi connectivity index (χ4n) is 6.72. The number of anilines is 1. The molecule has 26 heavy (non-hydrogen) atoms. The van der Waals surface area contributed by atoms with Crippen LogP contribution in [0, 0.1) is 23.7 Å². The summed E-state index contributed by atoms with van der Waals surface area (Å²) in [6.45, 7) is 0. The maximum Gasteiger partial charge on any atom is 0.257 e. The lowest BCUT2D eigenvalue weighted by Crippen LogP contribution is -2.61. The molecule has 2 aliphatic heterocycles. The molecule has 1 aromatic rings. The summed E-state index contributed by atoms with van der Waals surface area (Å²) in [5, 5.41) is 3.47. The minimum Gasteiger partial charge on any atom is -0.350 e. The van der Waals surface area contributed by atoms with E-state index < -0.39 is 4.87 Å². The predicted octanol–water partition coefficient (Wildman–Crippen LogP) is 3.56. The van der Waals surface area contributed by atoms with Crippen molar-refractivity contribution in [2.45, 2.75) is 60.8 Å². The van der Waals surface area contributed by atoms with Crippen LogP contribution in [0.15, 0.2) is 29.2 Å². The average Bonchev–Trinajstić information content (AvgIpc) is 3.13. The van der Waals surface area contributed by atoms with Crippen LogP contribution < -0.4 is 10.2 Å². The van der Waals surface area contributed by atoms with Gasteiger partial charge in [0.05, 0.1) is 5.69 Å². The second kappa shape index (κ2) is 5.28. The van der Waals surface area contributed by atoms with Crippen molar-refractivity contribution in [1.82, 2.24) is 5.32 Å². The third-order valence-electron chi connectivity index (χ3n) is 7.55. The molecule has 0 radical (unpaired) electrons. The first-order chi connectivity index (χ1) is 12.6. The minimum absolute atomic E-state index is 0.0713. The fourth-order valence-corrected chi connectivity index (χ4v) is 8.15. The highest BCUT2D eigenvalue weighted by molar-refractivity contribution is 8.02. The average molecular weight is 369 g/mol. The molecule has 4 bridgehead atoms. The summed E-state index contributed by atoms with van der Waals surface area (Å²) in [7, 11) is 0. The van der Waals surface area contributed by atoms with E-state index in [1.807, 2.05) is 24.3 Å². The van der Waals surface area contributed by atoms with E-state index in [0.717, 1.165) is 22.4 Å². The monoisotopic (exact) mass is 368 g/mol. The van der Waals surface area contributed by atoms with E-state index in [9.17, 15) is 9.59 Å². The largest absolute Gasteiger partial charge is 0.350 e. The zero-order valence-electron chi connectivity index (χ0n) is 14.8. The summed E-state index contributed by atoms with van der Waals surface area (Å²) in [6.07, 6.45) is 7.68. The van der Waals surface area contributed by atoms with Gasteiger partial charge in [-0.15, -0.1) is 0 Å². The Morgan fingerprint density at radius 1 is 1.08 bits per heavy atom. The van der Waals surface area contributed by atoms with Gasteiger partial charge < -0.3 is 5.32 Å². The molecule has 4 aliphatic carbocycles. The normalized spacial score (nSPS) is 42.1. The lowest BCUT2D eigenvalue weighted by molar-refractivity contribution is -0.128. The Bertz CT molecular complexity index is 781. The molecule has 5 heteroatoms. The summed E-state index contributed by atoms with van der Waals surface area (Å²) >= 11 is 1.59. The highest BCUT2D eigenvalue weighted by Crippen LogP contribution is 2.57. The standard InChI is InChI=1S/C21H24N2O2S/c24-18-5-6-21(23(18)16-3-1-2-4-17(16)26-21)20(25)22-19-14-8-12-7-13(10-14)11-15(19)9-12/h1-4,12-15,19H,5-11H2,(H,22,25). The second-order valence-electron chi connectivity index (χ2n) is 9.01. The van der Waals surface area contributed by atoms with Crippen molar-refractivity contribution < 1.29 is 9.59 Å². The van der Waals surface area contributed by atoms with Gasteiger partial charge in [-0.3, -0.25) is 14.5 Å². The maximum atomic E-state index is 13.5. The third kappa shape index (κ3) is 1.98. The Hall–Kier alpha value is -1.49. The van der Waals surface area contributed by atoms with Crippen LogP contribution in [0.3, 0.4) is 0 Å². The molecule has 5 fully saturated rings. The summed E-state index contributed by atoms with van der Waals surface area (Å²) in [6, 6.07) is 8.28. The van der Waals surface area contributed by atoms with Crippen molar-refractivity contribution in [2.24, 2.45) is 23.7 Å². The lowest BCUT2D eigenvalue weighted by atomic mass is 9.54. The molecule has 7 rings (SSSR count). The number of nitrogens with zero attached hydrogens (tertiary/aromatic N) is 1. The van der Waals surface area contributed by atoms with E-state index in [2.05, 4.69) is 5.32 Å². The summed E-state index contributed by atoms with van der Waals surface area (Å²) in [4.78, 5) is 28.2. The first-order valence-corrected chi connectivity index (χ1v) is 10.9. The van der Waals surface area contributed by atoms with E-state index in [0.29, 0.717) is 30.7 Å². The number of hydrogen-bond acceptors (Lipinski definition) is 3. The molecular weight excluding hydrogens is 344 g/mol. The Labute approximate surface area is 158 Å². The van der Waals surface area contributed by atoms with Gasteiger partial charge in [-0.05, 0) is 74.3 Å². The molecule has 1 atom stereocenters. The van der Waals surface area contributed by atoms with Gasteiger partial charge in [-0.25, -0.2) is 0 Å². The van der Waals surface area contributed by atoms with Crippen LogP contribution in [0.5, 0.6) is 0 Å². The van der Waals surface area contributed by atoms with Crippen molar-refractivity contribution >= 4 is 29.3 Å². The fraction of sp³-hybridized carbons (Fsp3) is 0.619. The quantitative estimate of drug-likeness (QED) is 0.868. The Kier molecular flexibility index (Phi) is 3.16. The first kappa shape index (κ1) is 15.6. The molecule has 4 nitrogen and oxygen atoms in total. The lowest BCUT2D eigenvalue weighted by Gasteiger charge is -2.54. The number of hydrogen-bond donors (Lipinski definition) is 1. The van der Waals surface area contributed by atoms with Crippen molar-refractivity contribution in [3.05, 3.63) is 24.3 Å². The Balaban J connectivity index is 1.30. The van der Waals surface area contributed by atoms with Crippen LogP contribution in [0.25, 0.3) is 0 Å². The predicted molar refractivity (Wildman–Crippen MR) is 101 cm³/mol. The molecular formula is C21H24N2O2S. The smallest absolute Gasteiger partial charge is 0.257 e. The number of para-hydroxylation sites is 1. The molecule has 1 unspecified atom stereocenters. The van der Waals surface area contributed by atoms with Crippen molar-refractivity contribution in [3.8, 4) is 0 Å². The van der Waals surface area contributed by atoms with Gasteiger partial charge >= 0.3 is 0 Å².